The van der Waals surface area contributed by atoms with Gasteiger partial charge in [-0.25, -0.2) is 0 Å². The average molecular weight is 262 g/mol. The van der Waals surface area contributed by atoms with Crippen molar-refractivity contribution in [2.24, 2.45) is 0 Å². The summed E-state index contributed by atoms with van der Waals surface area (Å²) >= 11 is 0. The van der Waals surface area contributed by atoms with Crippen LogP contribution in [0.3, 0.4) is 0 Å². The molecule has 0 aliphatic rings. The van der Waals surface area contributed by atoms with E-state index in [4.69, 9.17) is 4.43 Å². The van der Waals surface area contributed by atoms with E-state index in [1.165, 1.54) is 12.1 Å². The summed E-state index contributed by atoms with van der Waals surface area (Å²) in [6.45, 7) is 3.90. The van der Waals surface area contributed by atoms with Crippen LogP contribution in [0.2, 0.25) is 0 Å². The van der Waals surface area contributed by atoms with Crippen molar-refractivity contribution in [1.29, 1.82) is 0 Å². The average Bonchev–Trinajstić information content (AvgIpc) is 2.26. The first-order valence-corrected chi connectivity index (χ1v) is 6.27. The monoisotopic (exact) mass is 262 g/mol. The van der Waals surface area contributed by atoms with Gasteiger partial charge < -0.3 is 4.43 Å². The third kappa shape index (κ3) is 4.51. The number of benzene rings is 1. The van der Waals surface area contributed by atoms with Crippen LogP contribution < -0.4 is 0 Å². The molecule has 0 spiro atoms. The van der Waals surface area contributed by atoms with Crippen LogP contribution in [0.5, 0.6) is 0 Å². The Bertz CT molecular complexity index is 374. The van der Waals surface area contributed by atoms with Crippen LogP contribution >= 0.6 is 0 Å². The summed E-state index contributed by atoms with van der Waals surface area (Å²) in [4.78, 5) is 0. The standard InChI is InChI=1S/C12H17F3OSi/c1-11(2,16-17)7-6-9-4-3-5-10(8-9)12(13,14)15/h3-5,8H,6-7H2,1-2,17H3. The van der Waals surface area contributed by atoms with Gasteiger partial charge in [0, 0.05) is 5.60 Å². The van der Waals surface area contributed by atoms with Crippen molar-refractivity contribution in [1.82, 2.24) is 0 Å². The van der Waals surface area contributed by atoms with E-state index in [0.717, 1.165) is 12.5 Å². The zero-order valence-corrected chi connectivity index (χ0v) is 12.3. The SMILES string of the molecule is CC(C)(CCc1cccc(C(F)(F)F)c1)O[SiH3]. The summed E-state index contributed by atoms with van der Waals surface area (Å²) in [6, 6.07) is 5.48. The van der Waals surface area contributed by atoms with Crippen LogP contribution in [0.25, 0.3) is 0 Å². The minimum atomic E-state index is -4.26. The highest BCUT2D eigenvalue weighted by molar-refractivity contribution is 5.98. The molecule has 5 heteroatoms. The maximum atomic E-state index is 12.5. The van der Waals surface area contributed by atoms with Crippen LogP contribution in [-0.4, -0.2) is 16.1 Å². The van der Waals surface area contributed by atoms with Crippen LogP contribution in [0, 0.1) is 0 Å². The van der Waals surface area contributed by atoms with Gasteiger partial charge in [0.25, 0.3) is 0 Å². The fourth-order valence-electron chi connectivity index (χ4n) is 1.45. The van der Waals surface area contributed by atoms with E-state index in [2.05, 4.69) is 0 Å². The van der Waals surface area contributed by atoms with Gasteiger partial charge in [0.05, 0.1) is 5.56 Å². The molecular weight excluding hydrogens is 245 g/mol. The van der Waals surface area contributed by atoms with E-state index >= 15 is 0 Å². The summed E-state index contributed by atoms with van der Waals surface area (Å²) in [5.74, 6) is 0. The topological polar surface area (TPSA) is 9.23 Å². The molecule has 0 saturated heterocycles. The number of hydrogen-bond acceptors (Lipinski definition) is 1. The maximum absolute atomic E-state index is 12.5. The predicted octanol–water partition coefficient (Wildman–Crippen LogP) is 2.71. The Morgan fingerprint density at radius 3 is 2.41 bits per heavy atom. The fraction of sp³-hybridized carbons (Fsp3) is 0.500. The van der Waals surface area contributed by atoms with Crippen LogP contribution in [-0.2, 0) is 17.0 Å². The molecular formula is C12H17F3OSi. The second-order valence-corrected chi connectivity index (χ2v) is 5.07. The Kier molecular flexibility index (Phi) is 4.38. The number of halogens is 3. The largest absolute Gasteiger partial charge is 0.423 e. The van der Waals surface area contributed by atoms with Gasteiger partial charge in [-0.2, -0.15) is 13.2 Å². The second kappa shape index (κ2) is 5.22. The lowest BCUT2D eigenvalue weighted by Crippen LogP contribution is -2.23. The van der Waals surface area contributed by atoms with Crippen molar-refractivity contribution in [2.45, 2.75) is 38.5 Å². The molecule has 1 rings (SSSR count). The lowest BCUT2D eigenvalue weighted by Gasteiger charge is -2.23. The first-order valence-electron chi connectivity index (χ1n) is 5.46. The van der Waals surface area contributed by atoms with Crippen molar-refractivity contribution in [3.05, 3.63) is 35.4 Å². The van der Waals surface area contributed by atoms with E-state index in [9.17, 15) is 13.2 Å². The molecule has 0 N–H and O–H groups in total. The Morgan fingerprint density at radius 1 is 1.24 bits per heavy atom. The van der Waals surface area contributed by atoms with Gasteiger partial charge in [0.2, 0.25) is 0 Å². The molecule has 0 aliphatic carbocycles. The smallest absolute Gasteiger partial charge is 0.416 e. The summed E-state index contributed by atoms with van der Waals surface area (Å²) in [5, 5.41) is 0. The van der Waals surface area contributed by atoms with Crippen LogP contribution in [0.4, 0.5) is 13.2 Å². The van der Waals surface area contributed by atoms with E-state index in [-0.39, 0.29) is 5.60 Å². The molecule has 1 nitrogen and oxygen atoms in total. The van der Waals surface area contributed by atoms with E-state index in [1.54, 1.807) is 6.07 Å². The van der Waals surface area contributed by atoms with E-state index in [1.807, 2.05) is 13.8 Å². The third-order valence-electron chi connectivity index (χ3n) is 2.82. The number of hydrogen-bond donors (Lipinski definition) is 0. The highest BCUT2D eigenvalue weighted by atomic mass is 28.2. The van der Waals surface area contributed by atoms with Crippen molar-refractivity contribution in [3.8, 4) is 0 Å². The van der Waals surface area contributed by atoms with Gasteiger partial charge in [-0.05, 0) is 38.3 Å². The summed E-state index contributed by atoms with van der Waals surface area (Å²) < 4.78 is 42.8. The van der Waals surface area contributed by atoms with Gasteiger partial charge in [-0.3, -0.25) is 0 Å². The first kappa shape index (κ1) is 14.2. The minimum Gasteiger partial charge on any atom is -0.423 e. The minimum absolute atomic E-state index is 0.250. The van der Waals surface area contributed by atoms with Gasteiger partial charge in [-0.15, -0.1) is 0 Å². The van der Waals surface area contributed by atoms with Gasteiger partial charge in [0.1, 0.15) is 10.5 Å². The van der Waals surface area contributed by atoms with E-state index < -0.39 is 11.7 Å². The summed E-state index contributed by atoms with van der Waals surface area (Å²) in [5.41, 5.74) is -0.133. The third-order valence-corrected chi connectivity index (χ3v) is 3.93. The first-order chi connectivity index (χ1) is 7.74. The molecule has 96 valence electrons. The molecule has 0 fully saturated rings. The maximum Gasteiger partial charge on any atom is 0.416 e. The normalized spacial score (nSPS) is 13.0. The number of aryl methyl sites for hydroxylation is 1. The highest BCUT2D eigenvalue weighted by Crippen LogP contribution is 2.30. The van der Waals surface area contributed by atoms with Crippen molar-refractivity contribution in [2.75, 3.05) is 0 Å². The summed E-state index contributed by atoms with van der Waals surface area (Å²) in [6.07, 6.45) is -2.95. The zero-order valence-electron chi connectivity index (χ0n) is 10.3. The highest BCUT2D eigenvalue weighted by Gasteiger charge is 2.30. The summed E-state index contributed by atoms with van der Waals surface area (Å²) in [7, 11) is 0.635. The lowest BCUT2D eigenvalue weighted by molar-refractivity contribution is -0.137. The Balaban J connectivity index is 2.74. The molecule has 0 bridgehead atoms. The molecule has 0 heterocycles. The zero-order chi connectivity index (χ0) is 13.1. The number of rotatable bonds is 4. The Morgan fingerprint density at radius 2 is 1.88 bits per heavy atom. The van der Waals surface area contributed by atoms with Crippen LogP contribution in [0.1, 0.15) is 31.4 Å². The number of alkyl halides is 3. The van der Waals surface area contributed by atoms with Gasteiger partial charge >= 0.3 is 6.18 Å². The van der Waals surface area contributed by atoms with Gasteiger partial charge in [-0.1, -0.05) is 18.2 Å². The molecule has 0 aliphatic heterocycles. The molecule has 0 amide bonds. The molecule has 0 saturated carbocycles. The molecule has 17 heavy (non-hydrogen) atoms. The predicted molar refractivity (Wildman–Crippen MR) is 64.9 cm³/mol. The Labute approximate surface area is 103 Å². The van der Waals surface area contributed by atoms with E-state index in [0.29, 0.717) is 22.5 Å². The van der Waals surface area contributed by atoms with Crippen molar-refractivity contribution < 1.29 is 17.6 Å². The van der Waals surface area contributed by atoms with Crippen molar-refractivity contribution in [3.63, 3.8) is 0 Å². The molecule has 1 aromatic carbocycles. The molecule has 0 unspecified atom stereocenters. The Hall–Kier alpha value is -0.813. The quantitative estimate of drug-likeness (QED) is 0.758. The molecule has 0 atom stereocenters. The van der Waals surface area contributed by atoms with Crippen molar-refractivity contribution >= 4 is 10.5 Å². The second-order valence-electron chi connectivity index (χ2n) is 4.66. The molecule has 0 aromatic heterocycles. The fourth-order valence-corrected chi connectivity index (χ4v) is 1.65. The van der Waals surface area contributed by atoms with Crippen LogP contribution in [0.15, 0.2) is 24.3 Å². The molecule has 1 aromatic rings. The molecule has 0 radical (unpaired) electrons. The van der Waals surface area contributed by atoms with Gasteiger partial charge in [0.15, 0.2) is 0 Å². The lowest BCUT2D eigenvalue weighted by atomic mass is 9.98.